The van der Waals surface area contributed by atoms with Gasteiger partial charge in [0.25, 0.3) is 11.8 Å². The number of benzene rings is 3. The number of amides is 5. The van der Waals surface area contributed by atoms with Gasteiger partial charge in [0.1, 0.15) is 29.7 Å². The molecule has 5 amide bonds. The molecule has 4 aliphatic rings. The van der Waals surface area contributed by atoms with Gasteiger partial charge in [-0.05, 0) is 81.5 Å². The first-order valence-electron chi connectivity index (χ1n) is 21.4. The predicted molar refractivity (Wildman–Crippen MR) is 243 cm³/mol. The van der Waals surface area contributed by atoms with Gasteiger partial charge in [-0.25, -0.2) is 4.98 Å². The van der Waals surface area contributed by atoms with Crippen LogP contribution < -0.4 is 35.6 Å². The molecule has 0 saturated carbocycles. The Morgan fingerprint density at radius 2 is 1.64 bits per heavy atom. The molecule has 3 saturated heterocycles. The normalized spacial score (nSPS) is 18.5. The molecule has 1 aromatic heterocycles. The highest BCUT2D eigenvalue weighted by atomic mass is 35.5. The van der Waals surface area contributed by atoms with Crippen LogP contribution in [0.4, 0.5) is 28.8 Å². The Labute approximate surface area is 376 Å². The molecule has 8 rings (SSSR count). The van der Waals surface area contributed by atoms with Crippen LogP contribution in [-0.2, 0) is 18.9 Å². The molecule has 0 spiro atoms. The Balaban J connectivity index is 0.771. The van der Waals surface area contributed by atoms with Crippen LogP contribution in [0.5, 0.6) is 11.5 Å². The molecule has 3 fully saturated rings. The molecule has 3 N–H and O–H groups in total. The number of halogens is 1. The lowest BCUT2D eigenvalue weighted by atomic mass is 10.0. The summed E-state index contributed by atoms with van der Waals surface area (Å²) >= 11 is 6.47. The van der Waals surface area contributed by atoms with Gasteiger partial charge in [-0.3, -0.25) is 39.1 Å². The van der Waals surface area contributed by atoms with Crippen LogP contribution in [0.25, 0.3) is 0 Å². The maximum atomic E-state index is 13.1. The van der Waals surface area contributed by atoms with E-state index in [1.54, 1.807) is 26.5 Å². The zero-order chi connectivity index (χ0) is 45.1. The summed E-state index contributed by atoms with van der Waals surface area (Å²) in [6.45, 7) is 8.41. The summed E-state index contributed by atoms with van der Waals surface area (Å²) in [5.41, 5.74) is 2.75. The van der Waals surface area contributed by atoms with Crippen LogP contribution in [-0.4, -0.2) is 133 Å². The van der Waals surface area contributed by atoms with Crippen molar-refractivity contribution in [3.05, 3.63) is 83.0 Å². The molecule has 4 aromatic rings. The Morgan fingerprint density at radius 1 is 0.891 bits per heavy atom. The molecule has 0 radical (unpaired) electrons. The number of piperidine rings is 2. The van der Waals surface area contributed by atoms with E-state index in [0.717, 1.165) is 49.6 Å². The van der Waals surface area contributed by atoms with Gasteiger partial charge in [-0.15, -0.1) is 0 Å². The molecule has 3 aromatic carbocycles. The molecule has 0 aliphatic carbocycles. The standard InChI is InChI=1S/C45H51ClN9O8P/c1-62-37-25-29(10-13-34(37)49-45-47-27-33(46)41(51-45)48-35-7-4-5-8-38(35)64(2,3)61)52-18-16-28(17-19-52)53-20-22-54(23-21-53)40(57)9-6-24-63-30-11-12-31-32(26-30)44(60)55(43(31)59)36-14-15-39(56)50-42(36)58/h4-5,7-8,10-13,25-28,36H,6,9,14-24H2,1-3H3,(H,50,56,58)(H2,47,48,49,51). The maximum absolute atomic E-state index is 13.1. The largest absolute Gasteiger partial charge is 0.494 e. The van der Waals surface area contributed by atoms with E-state index in [9.17, 15) is 28.5 Å². The third-order valence-electron chi connectivity index (χ3n) is 12.1. The van der Waals surface area contributed by atoms with Gasteiger partial charge in [-0.1, -0.05) is 23.7 Å². The van der Waals surface area contributed by atoms with Crippen LogP contribution >= 0.6 is 18.7 Å². The van der Waals surface area contributed by atoms with Crippen molar-refractivity contribution >= 4 is 82.4 Å². The van der Waals surface area contributed by atoms with Gasteiger partial charge in [0.05, 0.1) is 42.4 Å². The number of anilines is 5. The molecule has 64 heavy (non-hydrogen) atoms. The SMILES string of the molecule is COc1cc(N2CCC(N3CCN(C(=O)CCCOc4ccc5c(c4)C(=O)N(C4CCC(=O)NC4=O)C5=O)CC3)CC2)ccc1Nc1ncc(Cl)c(Nc2ccccc2P(C)(C)=O)n1. The van der Waals surface area contributed by atoms with Gasteiger partial charge in [0, 0.05) is 75.2 Å². The molecule has 5 heterocycles. The highest BCUT2D eigenvalue weighted by molar-refractivity contribution is 7.70. The first-order valence-corrected chi connectivity index (χ1v) is 24.4. The topological polar surface area (TPSA) is 196 Å². The van der Waals surface area contributed by atoms with E-state index >= 15 is 0 Å². The lowest BCUT2D eigenvalue weighted by Gasteiger charge is -2.43. The number of para-hydroxylation sites is 1. The summed E-state index contributed by atoms with van der Waals surface area (Å²) < 4.78 is 24.6. The van der Waals surface area contributed by atoms with Crippen LogP contribution in [0.15, 0.2) is 66.9 Å². The number of aromatic nitrogens is 2. The molecule has 336 valence electrons. The molecule has 4 aliphatic heterocycles. The number of nitrogens with zero attached hydrogens (tertiary/aromatic N) is 6. The summed E-state index contributed by atoms with van der Waals surface area (Å²) in [6.07, 6.45) is 4.45. The zero-order valence-electron chi connectivity index (χ0n) is 36.0. The second-order valence-corrected chi connectivity index (χ2v) is 20.2. The number of nitrogens with one attached hydrogen (secondary N) is 3. The summed E-state index contributed by atoms with van der Waals surface area (Å²) in [6, 6.07) is 17.4. The number of imide groups is 2. The van der Waals surface area contributed by atoms with Gasteiger partial charge in [0.2, 0.25) is 23.7 Å². The molecular weight excluding hydrogens is 861 g/mol. The van der Waals surface area contributed by atoms with Gasteiger partial charge < -0.3 is 34.5 Å². The first kappa shape index (κ1) is 44.6. The van der Waals surface area contributed by atoms with Crippen LogP contribution in [0.1, 0.15) is 59.2 Å². The van der Waals surface area contributed by atoms with Crippen molar-refractivity contribution in [2.45, 2.75) is 50.6 Å². The number of carbonyl (C=O) groups excluding carboxylic acids is 5. The van der Waals surface area contributed by atoms with Crippen molar-refractivity contribution in [2.24, 2.45) is 0 Å². The van der Waals surface area contributed by atoms with E-state index < -0.39 is 36.8 Å². The van der Waals surface area contributed by atoms with E-state index in [4.69, 9.17) is 21.1 Å². The molecular formula is C45H51ClN9O8P. The second kappa shape index (κ2) is 19.0. The maximum Gasteiger partial charge on any atom is 0.262 e. The first-order chi connectivity index (χ1) is 30.8. The van der Waals surface area contributed by atoms with E-state index in [0.29, 0.717) is 76.9 Å². The molecule has 1 unspecified atom stereocenters. The Hall–Kier alpha value is -6.03. The number of hydrogen-bond donors (Lipinski definition) is 3. The van der Waals surface area contributed by atoms with Crippen molar-refractivity contribution < 1.29 is 38.0 Å². The zero-order valence-corrected chi connectivity index (χ0v) is 37.6. The van der Waals surface area contributed by atoms with Crippen molar-refractivity contribution in [1.82, 2.24) is 30.0 Å². The quantitative estimate of drug-likeness (QED) is 0.0844. The van der Waals surface area contributed by atoms with Crippen LogP contribution in [0.3, 0.4) is 0 Å². The van der Waals surface area contributed by atoms with Gasteiger partial charge >= 0.3 is 0 Å². The average molecular weight is 912 g/mol. The van der Waals surface area contributed by atoms with Crippen molar-refractivity contribution in [1.29, 1.82) is 0 Å². The molecule has 0 bridgehead atoms. The number of fused-ring (bicyclic) bond motifs is 1. The van der Waals surface area contributed by atoms with E-state index in [1.807, 2.05) is 41.3 Å². The van der Waals surface area contributed by atoms with Crippen LogP contribution in [0.2, 0.25) is 5.02 Å². The summed E-state index contributed by atoms with van der Waals surface area (Å²) in [4.78, 5) is 79.9. The fraction of sp³-hybridized carbons (Fsp3) is 0.400. The predicted octanol–water partition coefficient (Wildman–Crippen LogP) is 5.25. The Kier molecular flexibility index (Phi) is 13.2. The second-order valence-electron chi connectivity index (χ2n) is 16.6. The number of carbonyl (C=O) groups is 5. The Bertz CT molecular complexity index is 2520. The van der Waals surface area contributed by atoms with Gasteiger partial charge in [-0.2, -0.15) is 4.98 Å². The van der Waals surface area contributed by atoms with E-state index in [1.165, 1.54) is 18.3 Å². The number of hydrogen-bond acceptors (Lipinski definition) is 14. The fourth-order valence-corrected chi connectivity index (χ4v) is 10.0. The number of methoxy groups -OCH3 is 1. The minimum absolute atomic E-state index is 0.0503. The summed E-state index contributed by atoms with van der Waals surface area (Å²) in [5, 5.41) is 9.71. The lowest BCUT2D eigenvalue weighted by molar-refractivity contribution is -0.136. The minimum Gasteiger partial charge on any atom is -0.494 e. The smallest absolute Gasteiger partial charge is 0.262 e. The highest BCUT2D eigenvalue weighted by Crippen LogP contribution is 2.39. The molecule has 17 nitrogen and oxygen atoms in total. The number of rotatable bonds is 14. The van der Waals surface area contributed by atoms with Crippen molar-refractivity contribution in [3.63, 3.8) is 0 Å². The third kappa shape index (κ3) is 9.71. The number of ether oxygens (including phenoxy) is 2. The highest BCUT2D eigenvalue weighted by Gasteiger charge is 2.44. The van der Waals surface area contributed by atoms with E-state index in [-0.39, 0.29) is 36.5 Å². The van der Waals surface area contributed by atoms with Crippen LogP contribution in [0, 0.1) is 0 Å². The molecule has 1 atom stereocenters. The third-order valence-corrected chi connectivity index (χ3v) is 14.0. The average Bonchev–Trinajstić information content (AvgIpc) is 3.53. The lowest BCUT2D eigenvalue weighted by Crippen LogP contribution is -2.54. The summed E-state index contributed by atoms with van der Waals surface area (Å²) in [5.74, 6) is -0.447. The molecule has 19 heteroatoms. The Morgan fingerprint density at radius 3 is 2.38 bits per heavy atom. The summed E-state index contributed by atoms with van der Waals surface area (Å²) in [7, 11) is -0.939. The minimum atomic E-state index is -2.57. The fourth-order valence-electron chi connectivity index (χ4n) is 8.73. The number of piperazine rings is 1. The van der Waals surface area contributed by atoms with Crippen molar-refractivity contribution in [2.75, 3.05) is 81.8 Å². The van der Waals surface area contributed by atoms with Crippen molar-refractivity contribution in [3.8, 4) is 11.5 Å². The van der Waals surface area contributed by atoms with Gasteiger partial charge in [0.15, 0.2) is 5.82 Å². The monoisotopic (exact) mass is 911 g/mol. The van der Waals surface area contributed by atoms with E-state index in [2.05, 4.69) is 41.8 Å².